The molecular formula is C29H28Cl2N4O4. The second kappa shape index (κ2) is 12.8. The van der Waals surface area contributed by atoms with Crippen LogP contribution < -0.4 is 21.9 Å². The maximum Gasteiger partial charge on any atom is 0.331 e. The third-order valence-corrected chi connectivity index (χ3v) is 6.98. The molecule has 202 valence electrons. The average molecular weight is 567 g/mol. The van der Waals surface area contributed by atoms with E-state index in [9.17, 15) is 19.2 Å². The van der Waals surface area contributed by atoms with Crippen molar-refractivity contribution in [3.8, 4) is 0 Å². The Hall–Kier alpha value is -3.88. The Morgan fingerprint density at radius 3 is 2.41 bits per heavy atom. The van der Waals surface area contributed by atoms with Gasteiger partial charge in [-0.25, -0.2) is 4.79 Å². The number of nitrogens with zero attached hydrogens (tertiary/aromatic N) is 2. The van der Waals surface area contributed by atoms with Crippen molar-refractivity contribution < 1.29 is 9.59 Å². The van der Waals surface area contributed by atoms with E-state index in [1.807, 2.05) is 25.1 Å². The van der Waals surface area contributed by atoms with Gasteiger partial charge in [0.05, 0.1) is 10.9 Å². The smallest absolute Gasteiger partial charge is 0.331 e. The number of halogens is 2. The van der Waals surface area contributed by atoms with E-state index in [-0.39, 0.29) is 25.4 Å². The lowest BCUT2D eigenvalue weighted by Gasteiger charge is -2.15. The van der Waals surface area contributed by atoms with E-state index in [1.54, 1.807) is 48.5 Å². The summed E-state index contributed by atoms with van der Waals surface area (Å²) in [6.07, 6.45) is 1.14. The molecule has 0 spiro atoms. The molecule has 0 radical (unpaired) electrons. The van der Waals surface area contributed by atoms with E-state index < -0.39 is 17.2 Å². The second-order valence-corrected chi connectivity index (χ2v) is 10.0. The van der Waals surface area contributed by atoms with Crippen molar-refractivity contribution in [2.45, 2.75) is 45.8 Å². The fourth-order valence-corrected chi connectivity index (χ4v) is 4.64. The average Bonchev–Trinajstić information content (AvgIpc) is 2.92. The van der Waals surface area contributed by atoms with Crippen molar-refractivity contribution in [3.05, 3.63) is 109 Å². The van der Waals surface area contributed by atoms with E-state index >= 15 is 0 Å². The minimum Gasteiger partial charge on any atom is -0.352 e. The van der Waals surface area contributed by atoms with Gasteiger partial charge in [-0.1, -0.05) is 59.6 Å². The first-order valence-electron chi connectivity index (χ1n) is 12.5. The number of hydrogen-bond acceptors (Lipinski definition) is 4. The molecule has 0 aliphatic heterocycles. The van der Waals surface area contributed by atoms with Crippen LogP contribution in [0.15, 0.2) is 76.3 Å². The van der Waals surface area contributed by atoms with Crippen molar-refractivity contribution in [1.29, 1.82) is 0 Å². The topological polar surface area (TPSA) is 102 Å². The molecule has 0 fully saturated rings. The quantitative estimate of drug-likeness (QED) is 0.266. The standard InChI is InChI=1S/C29H28Cl2N4O4/c1-19-13-14-21(30)16-24(19)33-27(37)18-35-25-11-5-3-9-22(25)28(38)34(29(35)39)15-7-6-12-26(36)32-17-20-8-2-4-10-23(20)31/h2-5,8-11,13-14,16H,6-7,12,15,17-18H2,1H3,(H,32,36)(H,33,37). The molecule has 4 aromatic rings. The highest BCUT2D eigenvalue weighted by Crippen LogP contribution is 2.20. The molecule has 0 aliphatic carbocycles. The molecule has 0 saturated carbocycles. The van der Waals surface area contributed by atoms with Crippen LogP contribution in [0.5, 0.6) is 0 Å². The zero-order chi connectivity index (χ0) is 27.9. The van der Waals surface area contributed by atoms with Crippen LogP contribution in [0.3, 0.4) is 0 Å². The van der Waals surface area contributed by atoms with E-state index in [0.717, 1.165) is 15.7 Å². The third kappa shape index (κ3) is 6.96. The lowest BCUT2D eigenvalue weighted by atomic mass is 10.2. The number of anilines is 1. The van der Waals surface area contributed by atoms with E-state index in [1.165, 1.54) is 4.57 Å². The first-order chi connectivity index (χ1) is 18.7. The van der Waals surface area contributed by atoms with Gasteiger partial charge in [0.25, 0.3) is 5.56 Å². The zero-order valence-electron chi connectivity index (χ0n) is 21.4. The van der Waals surface area contributed by atoms with Crippen LogP contribution >= 0.6 is 23.2 Å². The minimum atomic E-state index is -0.583. The van der Waals surface area contributed by atoms with Gasteiger partial charge in [0, 0.05) is 35.2 Å². The van der Waals surface area contributed by atoms with Gasteiger partial charge in [-0.2, -0.15) is 0 Å². The Morgan fingerprint density at radius 1 is 0.872 bits per heavy atom. The summed E-state index contributed by atoms with van der Waals surface area (Å²) in [6.45, 7) is 2.00. The van der Waals surface area contributed by atoms with Gasteiger partial charge in [0.2, 0.25) is 11.8 Å². The number of benzene rings is 3. The van der Waals surface area contributed by atoms with Gasteiger partial charge < -0.3 is 10.6 Å². The molecule has 3 aromatic carbocycles. The molecule has 2 amide bonds. The predicted octanol–water partition coefficient (Wildman–Crippen LogP) is 4.90. The lowest BCUT2D eigenvalue weighted by Crippen LogP contribution is -2.41. The molecular weight excluding hydrogens is 539 g/mol. The number of rotatable bonds is 10. The summed E-state index contributed by atoms with van der Waals surface area (Å²) in [5.74, 6) is -0.570. The van der Waals surface area contributed by atoms with Crippen LogP contribution in [0, 0.1) is 6.92 Å². The molecule has 10 heteroatoms. The van der Waals surface area contributed by atoms with Crippen LogP contribution in [0.25, 0.3) is 10.9 Å². The summed E-state index contributed by atoms with van der Waals surface area (Å²) in [5, 5.41) is 7.02. The highest BCUT2D eigenvalue weighted by atomic mass is 35.5. The van der Waals surface area contributed by atoms with Gasteiger partial charge in [-0.15, -0.1) is 0 Å². The van der Waals surface area contributed by atoms with Gasteiger partial charge in [-0.3, -0.25) is 23.5 Å². The van der Waals surface area contributed by atoms with Crippen molar-refractivity contribution in [3.63, 3.8) is 0 Å². The number of nitrogens with one attached hydrogen (secondary N) is 2. The van der Waals surface area contributed by atoms with E-state index in [2.05, 4.69) is 10.6 Å². The van der Waals surface area contributed by atoms with E-state index in [0.29, 0.717) is 46.0 Å². The van der Waals surface area contributed by atoms with Gasteiger partial charge >= 0.3 is 5.69 Å². The molecule has 39 heavy (non-hydrogen) atoms. The highest BCUT2D eigenvalue weighted by molar-refractivity contribution is 6.31. The molecule has 1 heterocycles. The number of aromatic nitrogens is 2. The Bertz CT molecular complexity index is 1640. The van der Waals surface area contributed by atoms with Crippen LogP contribution in [-0.4, -0.2) is 20.9 Å². The molecule has 2 N–H and O–H groups in total. The Kier molecular flexibility index (Phi) is 9.22. The molecule has 0 atom stereocenters. The molecule has 4 rings (SSSR count). The number of hydrogen-bond donors (Lipinski definition) is 2. The summed E-state index contributed by atoms with van der Waals surface area (Å²) < 4.78 is 2.42. The normalized spacial score (nSPS) is 10.9. The SMILES string of the molecule is Cc1ccc(Cl)cc1NC(=O)Cn1c(=O)n(CCCCC(=O)NCc2ccccc2Cl)c(=O)c2ccccc21. The Morgan fingerprint density at radius 2 is 1.62 bits per heavy atom. The Balaban J connectivity index is 1.44. The summed E-state index contributed by atoms with van der Waals surface area (Å²) in [5.41, 5.74) is 1.56. The van der Waals surface area contributed by atoms with Gasteiger partial charge in [0.15, 0.2) is 0 Å². The maximum atomic E-state index is 13.4. The summed E-state index contributed by atoms with van der Waals surface area (Å²) in [4.78, 5) is 51.7. The second-order valence-electron chi connectivity index (χ2n) is 9.18. The molecule has 0 bridgehead atoms. The van der Waals surface area contributed by atoms with Crippen molar-refractivity contribution in [2.24, 2.45) is 0 Å². The summed E-state index contributed by atoms with van der Waals surface area (Å²) in [6, 6.07) is 19.1. The fourth-order valence-electron chi connectivity index (χ4n) is 4.26. The van der Waals surface area contributed by atoms with Gasteiger partial charge in [-0.05, 0) is 61.2 Å². The molecule has 8 nitrogen and oxygen atoms in total. The molecule has 1 aromatic heterocycles. The number of amides is 2. The van der Waals surface area contributed by atoms with E-state index in [4.69, 9.17) is 23.2 Å². The number of fused-ring (bicyclic) bond motifs is 1. The van der Waals surface area contributed by atoms with Crippen molar-refractivity contribution in [2.75, 3.05) is 5.32 Å². The number of unbranched alkanes of at least 4 members (excludes halogenated alkanes) is 1. The Labute approximate surface area is 235 Å². The van der Waals surface area contributed by atoms with Crippen LogP contribution in [-0.2, 0) is 29.2 Å². The zero-order valence-corrected chi connectivity index (χ0v) is 22.9. The maximum absolute atomic E-state index is 13.4. The van der Waals surface area contributed by atoms with Crippen LogP contribution in [0.2, 0.25) is 10.0 Å². The number of carbonyl (C=O) groups excluding carboxylic acids is 2. The number of aryl methyl sites for hydroxylation is 1. The lowest BCUT2D eigenvalue weighted by molar-refractivity contribution is -0.121. The number of para-hydroxylation sites is 1. The van der Waals surface area contributed by atoms with Crippen LogP contribution in [0.1, 0.15) is 30.4 Å². The predicted molar refractivity (Wildman–Crippen MR) is 154 cm³/mol. The largest absolute Gasteiger partial charge is 0.352 e. The minimum absolute atomic E-state index is 0.120. The summed E-state index contributed by atoms with van der Waals surface area (Å²) >= 11 is 12.2. The molecule has 0 aliphatic rings. The summed E-state index contributed by atoms with van der Waals surface area (Å²) in [7, 11) is 0. The third-order valence-electron chi connectivity index (χ3n) is 6.38. The van der Waals surface area contributed by atoms with Gasteiger partial charge in [0.1, 0.15) is 6.54 Å². The fraction of sp³-hybridized carbons (Fsp3) is 0.241. The van der Waals surface area contributed by atoms with Crippen molar-refractivity contribution >= 4 is 51.6 Å². The van der Waals surface area contributed by atoms with Crippen LogP contribution in [0.4, 0.5) is 5.69 Å². The van der Waals surface area contributed by atoms with Crippen molar-refractivity contribution in [1.82, 2.24) is 14.5 Å². The number of carbonyl (C=O) groups is 2. The first kappa shape index (κ1) is 28.1. The molecule has 0 unspecified atom stereocenters. The first-order valence-corrected chi connectivity index (χ1v) is 13.3. The monoisotopic (exact) mass is 566 g/mol. The molecule has 0 saturated heterocycles. The highest BCUT2D eigenvalue weighted by Gasteiger charge is 2.16.